The molecule has 0 aliphatic carbocycles. The molecule has 3 rings (SSSR count). The maximum atomic E-state index is 12.3. The third kappa shape index (κ3) is 2.58. The fourth-order valence-corrected chi connectivity index (χ4v) is 2.17. The Morgan fingerprint density at radius 2 is 1.86 bits per heavy atom. The molecule has 0 fully saturated rings. The Morgan fingerprint density at radius 3 is 2.55 bits per heavy atom. The van der Waals surface area contributed by atoms with Crippen molar-refractivity contribution in [1.29, 1.82) is 0 Å². The van der Waals surface area contributed by atoms with Crippen molar-refractivity contribution in [2.45, 2.75) is 13.8 Å². The maximum Gasteiger partial charge on any atom is 0.274 e. The molecule has 110 valence electrons. The summed E-state index contributed by atoms with van der Waals surface area (Å²) in [4.78, 5) is 27.8. The van der Waals surface area contributed by atoms with Crippen molar-refractivity contribution in [2.24, 2.45) is 0 Å². The summed E-state index contributed by atoms with van der Waals surface area (Å²) in [6.45, 7) is 3.36. The van der Waals surface area contributed by atoms with Crippen molar-refractivity contribution in [3.63, 3.8) is 0 Å². The minimum Gasteiger partial charge on any atom is -0.321 e. The van der Waals surface area contributed by atoms with E-state index in [4.69, 9.17) is 0 Å². The summed E-state index contributed by atoms with van der Waals surface area (Å²) in [5.41, 5.74) is 2.99. The first-order valence-corrected chi connectivity index (χ1v) is 6.78. The van der Waals surface area contributed by atoms with Crippen LogP contribution in [0.5, 0.6) is 0 Å². The summed E-state index contributed by atoms with van der Waals surface area (Å²) in [5, 5.41) is 6.89. The molecule has 1 aromatic carbocycles. The third-order valence-corrected chi connectivity index (χ3v) is 3.32. The van der Waals surface area contributed by atoms with E-state index in [9.17, 15) is 9.59 Å². The maximum absolute atomic E-state index is 12.3. The van der Waals surface area contributed by atoms with Crippen LogP contribution in [0.1, 0.15) is 33.5 Å². The molecule has 2 heterocycles. The lowest BCUT2D eigenvalue weighted by atomic mass is 10.1. The fourth-order valence-electron chi connectivity index (χ4n) is 2.17. The zero-order chi connectivity index (χ0) is 15.7. The largest absolute Gasteiger partial charge is 0.321 e. The van der Waals surface area contributed by atoms with Crippen LogP contribution in [0, 0.1) is 6.92 Å². The van der Waals surface area contributed by atoms with E-state index >= 15 is 0 Å². The number of hydrogen-bond acceptors (Lipinski definition) is 4. The van der Waals surface area contributed by atoms with Gasteiger partial charge in [-0.1, -0.05) is 0 Å². The molecule has 0 bridgehead atoms. The molecule has 0 aliphatic rings. The average Bonchev–Trinajstić information content (AvgIpc) is 2.96. The molecule has 0 radical (unpaired) electrons. The van der Waals surface area contributed by atoms with Crippen molar-refractivity contribution in [2.75, 3.05) is 5.32 Å². The van der Waals surface area contributed by atoms with Gasteiger partial charge in [-0.05, 0) is 44.2 Å². The molecule has 0 spiro atoms. The predicted octanol–water partition coefficient (Wildman–Crippen LogP) is 2.49. The highest BCUT2D eigenvalue weighted by Gasteiger charge is 2.11. The van der Waals surface area contributed by atoms with E-state index in [1.807, 2.05) is 6.92 Å². The van der Waals surface area contributed by atoms with Crippen molar-refractivity contribution < 1.29 is 9.59 Å². The van der Waals surface area contributed by atoms with Gasteiger partial charge in [-0.2, -0.15) is 5.10 Å². The van der Waals surface area contributed by atoms with Crippen LogP contribution in [0.4, 0.5) is 5.69 Å². The summed E-state index contributed by atoms with van der Waals surface area (Å²) in [6.07, 6.45) is 1.64. The van der Waals surface area contributed by atoms with Crippen LogP contribution in [-0.4, -0.2) is 26.3 Å². The second kappa shape index (κ2) is 5.40. The number of hydrogen-bond donors (Lipinski definition) is 1. The van der Waals surface area contributed by atoms with E-state index in [-0.39, 0.29) is 11.7 Å². The number of ketones is 1. The van der Waals surface area contributed by atoms with Crippen LogP contribution < -0.4 is 5.32 Å². The lowest BCUT2D eigenvalue weighted by Crippen LogP contribution is -2.15. The summed E-state index contributed by atoms with van der Waals surface area (Å²) in [7, 11) is 0. The Labute approximate surface area is 126 Å². The minimum absolute atomic E-state index is 0.0126. The van der Waals surface area contributed by atoms with Gasteiger partial charge in [-0.15, -0.1) is 0 Å². The first-order chi connectivity index (χ1) is 10.5. The second-order valence-corrected chi connectivity index (χ2v) is 4.97. The number of carbonyl (C=O) groups excluding carboxylic acids is 2. The predicted molar refractivity (Wildman–Crippen MR) is 82.1 cm³/mol. The smallest absolute Gasteiger partial charge is 0.274 e. The van der Waals surface area contributed by atoms with Gasteiger partial charge in [0.05, 0.1) is 6.20 Å². The van der Waals surface area contributed by atoms with Gasteiger partial charge in [0, 0.05) is 23.0 Å². The van der Waals surface area contributed by atoms with Crippen molar-refractivity contribution in [3.05, 3.63) is 59.5 Å². The van der Waals surface area contributed by atoms with Crippen molar-refractivity contribution in [3.8, 4) is 0 Å². The molecule has 1 amide bonds. The number of aromatic nitrogens is 3. The zero-order valence-electron chi connectivity index (χ0n) is 12.2. The molecule has 2 aromatic heterocycles. The average molecular weight is 294 g/mol. The minimum atomic E-state index is -0.303. The molecule has 0 unspecified atom stereocenters. The topological polar surface area (TPSA) is 76.4 Å². The number of rotatable bonds is 3. The van der Waals surface area contributed by atoms with Crippen LogP contribution in [0.25, 0.3) is 5.65 Å². The zero-order valence-corrected chi connectivity index (χ0v) is 12.2. The number of Topliss-reactive ketones (excluding diaryl/α,β-unsaturated/α-hetero) is 1. The molecule has 6 nitrogen and oxygen atoms in total. The first-order valence-electron chi connectivity index (χ1n) is 6.78. The third-order valence-electron chi connectivity index (χ3n) is 3.32. The SMILES string of the molecule is CC(=O)c1ccc(NC(=O)c2cc(C)n3nccc3n2)cc1. The molecular weight excluding hydrogens is 280 g/mol. The van der Waals surface area contributed by atoms with Crippen LogP contribution in [0.2, 0.25) is 0 Å². The Hall–Kier alpha value is -3.02. The van der Waals surface area contributed by atoms with Gasteiger partial charge < -0.3 is 5.32 Å². The van der Waals surface area contributed by atoms with Gasteiger partial charge in [0.1, 0.15) is 5.69 Å². The van der Waals surface area contributed by atoms with E-state index in [0.29, 0.717) is 22.6 Å². The van der Waals surface area contributed by atoms with E-state index < -0.39 is 0 Å². The van der Waals surface area contributed by atoms with E-state index in [2.05, 4.69) is 15.4 Å². The van der Waals surface area contributed by atoms with Crippen molar-refractivity contribution in [1.82, 2.24) is 14.6 Å². The summed E-state index contributed by atoms with van der Waals surface area (Å²) >= 11 is 0. The number of nitrogens with one attached hydrogen (secondary N) is 1. The highest BCUT2D eigenvalue weighted by molar-refractivity contribution is 6.03. The standard InChI is InChI=1S/C16H14N4O2/c1-10-9-14(19-15-7-8-17-20(10)15)16(22)18-13-5-3-12(4-6-13)11(2)21/h3-9H,1-2H3,(H,18,22). The monoisotopic (exact) mass is 294 g/mol. The van der Waals surface area contributed by atoms with Gasteiger partial charge in [0.2, 0.25) is 0 Å². The van der Waals surface area contributed by atoms with Gasteiger partial charge in [0.25, 0.3) is 5.91 Å². The number of nitrogens with zero attached hydrogens (tertiary/aromatic N) is 3. The van der Waals surface area contributed by atoms with Crippen LogP contribution in [0.3, 0.4) is 0 Å². The number of fused-ring (bicyclic) bond motifs is 1. The normalized spacial score (nSPS) is 10.6. The first kappa shape index (κ1) is 13.9. The molecule has 1 N–H and O–H groups in total. The Balaban J connectivity index is 1.84. The van der Waals surface area contributed by atoms with Crippen molar-refractivity contribution >= 4 is 23.0 Å². The molecule has 3 aromatic rings. The Morgan fingerprint density at radius 1 is 1.14 bits per heavy atom. The van der Waals surface area contributed by atoms with Crippen LogP contribution in [-0.2, 0) is 0 Å². The molecule has 0 aliphatic heterocycles. The second-order valence-electron chi connectivity index (χ2n) is 4.97. The number of anilines is 1. The van der Waals surface area contributed by atoms with E-state index in [1.54, 1.807) is 47.1 Å². The highest BCUT2D eigenvalue weighted by atomic mass is 16.2. The summed E-state index contributed by atoms with van der Waals surface area (Å²) in [5.74, 6) is -0.316. The fraction of sp³-hybridized carbons (Fsp3) is 0.125. The molecule has 22 heavy (non-hydrogen) atoms. The lowest BCUT2D eigenvalue weighted by Gasteiger charge is -2.07. The number of amides is 1. The molecular formula is C16H14N4O2. The highest BCUT2D eigenvalue weighted by Crippen LogP contribution is 2.12. The van der Waals surface area contributed by atoms with Crippen LogP contribution >= 0.6 is 0 Å². The summed E-state index contributed by atoms with van der Waals surface area (Å²) < 4.78 is 1.67. The number of carbonyl (C=O) groups is 2. The van der Waals surface area contributed by atoms with Crippen LogP contribution in [0.15, 0.2) is 42.6 Å². The van der Waals surface area contributed by atoms with Gasteiger partial charge in [0.15, 0.2) is 11.4 Å². The van der Waals surface area contributed by atoms with Gasteiger partial charge in [-0.3, -0.25) is 9.59 Å². The quantitative estimate of drug-likeness (QED) is 0.753. The molecule has 0 saturated heterocycles. The van der Waals surface area contributed by atoms with E-state index in [0.717, 1.165) is 5.69 Å². The van der Waals surface area contributed by atoms with E-state index in [1.165, 1.54) is 6.92 Å². The lowest BCUT2D eigenvalue weighted by molar-refractivity contribution is 0.101. The molecule has 6 heteroatoms. The number of aryl methyl sites for hydroxylation is 1. The molecule has 0 saturated carbocycles. The van der Waals surface area contributed by atoms with Gasteiger partial charge in [-0.25, -0.2) is 9.50 Å². The Bertz CT molecular complexity index is 865. The summed E-state index contributed by atoms with van der Waals surface area (Å²) in [6, 6.07) is 10.2. The molecule has 0 atom stereocenters. The number of benzene rings is 1. The van der Waals surface area contributed by atoms with Gasteiger partial charge >= 0.3 is 0 Å². The Kier molecular flexibility index (Phi) is 3.42.